The Kier molecular flexibility index (Phi) is 3.36. The molecule has 1 heterocycles. The van der Waals surface area contributed by atoms with Crippen LogP contribution >= 0.6 is 15.9 Å². The van der Waals surface area contributed by atoms with E-state index in [-0.39, 0.29) is 12.4 Å². The van der Waals surface area contributed by atoms with E-state index in [0.29, 0.717) is 16.7 Å². The van der Waals surface area contributed by atoms with Crippen LogP contribution < -0.4 is 0 Å². The molecule has 0 fully saturated rings. The number of aliphatic hydroxyl groups is 1. The molecule has 2 aromatic rings. The average molecular weight is 285 g/mol. The van der Waals surface area contributed by atoms with E-state index in [2.05, 4.69) is 20.9 Å². The highest BCUT2D eigenvalue weighted by molar-refractivity contribution is 9.10. The molecule has 5 heteroatoms. The van der Waals surface area contributed by atoms with Gasteiger partial charge in [0.05, 0.1) is 23.1 Å². The third-order valence-electron chi connectivity index (χ3n) is 2.20. The summed E-state index contributed by atoms with van der Waals surface area (Å²) in [5, 5.41) is 8.86. The Morgan fingerprint density at radius 3 is 2.88 bits per heavy atom. The highest BCUT2D eigenvalue weighted by atomic mass is 79.9. The summed E-state index contributed by atoms with van der Waals surface area (Å²) in [6.45, 7) is 0.534. The monoisotopic (exact) mass is 284 g/mol. The van der Waals surface area contributed by atoms with E-state index in [1.165, 1.54) is 6.07 Å². The van der Waals surface area contributed by atoms with Crippen molar-refractivity contribution in [2.75, 3.05) is 0 Å². The topological polar surface area (TPSA) is 38.0 Å². The van der Waals surface area contributed by atoms with E-state index in [1.54, 1.807) is 24.7 Å². The summed E-state index contributed by atoms with van der Waals surface area (Å²) in [7, 11) is 0. The van der Waals surface area contributed by atoms with Crippen LogP contribution in [0.3, 0.4) is 0 Å². The maximum absolute atomic E-state index is 13.0. The molecule has 1 aromatic heterocycles. The van der Waals surface area contributed by atoms with Crippen molar-refractivity contribution in [2.45, 2.75) is 13.2 Å². The van der Waals surface area contributed by atoms with Crippen LogP contribution in [0.2, 0.25) is 0 Å². The Bertz CT molecular complexity index is 498. The number of aliphatic hydroxyl groups excluding tert-OH is 1. The van der Waals surface area contributed by atoms with Gasteiger partial charge in [-0.1, -0.05) is 6.07 Å². The molecule has 0 unspecified atom stereocenters. The first-order valence-electron chi connectivity index (χ1n) is 4.74. The fraction of sp³-hybridized carbons (Fsp3) is 0.182. The molecular weight excluding hydrogens is 275 g/mol. The Labute approximate surface area is 101 Å². The first kappa shape index (κ1) is 11.3. The molecule has 0 saturated carbocycles. The number of benzene rings is 1. The number of rotatable bonds is 3. The van der Waals surface area contributed by atoms with Crippen molar-refractivity contribution >= 4 is 15.9 Å². The largest absolute Gasteiger partial charge is 0.390 e. The van der Waals surface area contributed by atoms with Gasteiger partial charge < -0.3 is 9.67 Å². The maximum Gasteiger partial charge on any atom is 0.137 e. The van der Waals surface area contributed by atoms with Gasteiger partial charge in [-0.3, -0.25) is 0 Å². The molecular formula is C11H10BrFN2O. The number of aromatic nitrogens is 2. The van der Waals surface area contributed by atoms with Gasteiger partial charge in [-0.2, -0.15) is 0 Å². The number of halogens is 2. The van der Waals surface area contributed by atoms with Gasteiger partial charge in [-0.15, -0.1) is 0 Å². The lowest BCUT2D eigenvalue weighted by atomic mass is 10.2. The molecule has 0 saturated heterocycles. The van der Waals surface area contributed by atoms with Crippen LogP contribution in [0, 0.1) is 5.82 Å². The summed E-state index contributed by atoms with van der Waals surface area (Å²) in [6.07, 6.45) is 3.40. The molecule has 0 amide bonds. The van der Waals surface area contributed by atoms with Crippen LogP contribution in [0.4, 0.5) is 4.39 Å². The highest BCUT2D eigenvalue weighted by Gasteiger charge is 2.02. The van der Waals surface area contributed by atoms with E-state index in [0.717, 1.165) is 5.56 Å². The Morgan fingerprint density at radius 1 is 1.44 bits per heavy atom. The molecule has 0 spiro atoms. The third kappa shape index (κ3) is 2.48. The lowest BCUT2D eigenvalue weighted by Crippen LogP contribution is -1.97. The second-order valence-corrected chi connectivity index (χ2v) is 4.30. The molecule has 1 aromatic carbocycles. The molecule has 0 aliphatic rings. The summed E-state index contributed by atoms with van der Waals surface area (Å²) in [4.78, 5) is 4.00. The number of nitrogens with zero attached hydrogens (tertiary/aromatic N) is 2. The Hall–Kier alpha value is -1.20. The van der Waals surface area contributed by atoms with Crippen LogP contribution in [0.15, 0.2) is 35.2 Å². The summed E-state index contributed by atoms with van der Waals surface area (Å²) in [6, 6.07) is 4.87. The fourth-order valence-electron chi connectivity index (χ4n) is 1.42. The standard InChI is InChI=1S/C11H10BrFN2O/c12-10-3-8(1-2-11(10)13)4-15-5-9(6-16)14-7-15/h1-3,5,7,16H,4,6H2. The minimum Gasteiger partial charge on any atom is -0.390 e. The summed E-state index contributed by atoms with van der Waals surface area (Å²) < 4.78 is 15.3. The van der Waals surface area contributed by atoms with Crippen molar-refractivity contribution in [1.29, 1.82) is 0 Å². The molecule has 0 bridgehead atoms. The van der Waals surface area contributed by atoms with Gasteiger partial charge in [0.15, 0.2) is 0 Å². The molecule has 84 valence electrons. The van der Waals surface area contributed by atoms with E-state index < -0.39 is 0 Å². The average Bonchev–Trinajstić information content (AvgIpc) is 2.71. The van der Waals surface area contributed by atoms with Crippen molar-refractivity contribution in [3.8, 4) is 0 Å². The molecule has 0 radical (unpaired) electrons. The SMILES string of the molecule is OCc1cn(Cc2ccc(F)c(Br)c2)cn1. The second kappa shape index (κ2) is 4.76. The first-order valence-corrected chi connectivity index (χ1v) is 5.54. The number of hydrogen-bond donors (Lipinski definition) is 1. The van der Waals surface area contributed by atoms with Crippen LogP contribution in [-0.4, -0.2) is 14.7 Å². The zero-order valence-electron chi connectivity index (χ0n) is 8.40. The van der Waals surface area contributed by atoms with E-state index in [1.807, 2.05) is 4.57 Å². The minimum atomic E-state index is -0.273. The van der Waals surface area contributed by atoms with Crippen LogP contribution in [-0.2, 0) is 13.2 Å². The first-order chi connectivity index (χ1) is 7.69. The van der Waals surface area contributed by atoms with Crippen LogP contribution in [0.5, 0.6) is 0 Å². The smallest absolute Gasteiger partial charge is 0.137 e. The van der Waals surface area contributed by atoms with E-state index in [9.17, 15) is 4.39 Å². The maximum atomic E-state index is 13.0. The number of hydrogen-bond acceptors (Lipinski definition) is 2. The predicted octanol–water partition coefficient (Wildman–Crippen LogP) is 2.33. The summed E-state index contributed by atoms with van der Waals surface area (Å²) in [5.74, 6) is -0.273. The zero-order chi connectivity index (χ0) is 11.5. The van der Waals surface area contributed by atoms with Gasteiger partial charge in [-0.25, -0.2) is 9.37 Å². The summed E-state index contributed by atoms with van der Waals surface area (Å²) >= 11 is 3.14. The lowest BCUT2D eigenvalue weighted by Gasteiger charge is -2.03. The fourth-order valence-corrected chi connectivity index (χ4v) is 1.85. The predicted molar refractivity (Wildman–Crippen MR) is 61.4 cm³/mol. The quantitative estimate of drug-likeness (QED) is 0.940. The zero-order valence-corrected chi connectivity index (χ0v) is 9.98. The van der Waals surface area contributed by atoms with Crippen molar-refractivity contribution in [3.63, 3.8) is 0 Å². The van der Waals surface area contributed by atoms with Gasteiger partial charge >= 0.3 is 0 Å². The van der Waals surface area contributed by atoms with Crippen molar-refractivity contribution in [3.05, 3.63) is 52.3 Å². The Balaban J connectivity index is 2.17. The molecule has 3 nitrogen and oxygen atoms in total. The van der Waals surface area contributed by atoms with Crippen molar-refractivity contribution < 1.29 is 9.50 Å². The summed E-state index contributed by atoms with van der Waals surface area (Å²) in [5.41, 5.74) is 1.59. The van der Waals surface area contributed by atoms with Gasteiger partial charge in [0.2, 0.25) is 0 Å². The molecule has 0 aliphatic heterocycles. The van der Waals surface area contributed by atoms with E-state index >= 15 is 0 Å². The van der Waals surface area contributed by atoms with Gasteiger partial charge in [0, 0.05) is 12.7 Å². The molecule has 0 aliphatic carbocycles. The normalized spacial score (nSPS) is 10.7. The Morgan fingerprint density at radius 2 is 2.25 bits per heavy atom. The van der Waals surface area contributed by atoms with Crippen molar-refractivity contribution in [2.24, 2.45) is 0 Å². The van der Waals surface area contributed by atoms with Crippen LogP contribution in [0.25, 0.3) is 0 Å². The van der Waals surface area contributed by atoms with Crippen molar-refractivity contribution in [1.82, 2.24) is 9.55 Å². The van der Waals surface area contributed by atoms with Gasteiger partial charge in [0.1, 0.15) is 5.82 Å². The molecule has 1 N–H and O–H groups in total. The molecule has 2 rings (SSSR count). The number of imidazole rings is 1. The third-order valence-corrected chi connectivity index (χ3v) is 2.81. The van der Waals surface area contributed by atoms with Crippen LogP contribution in [0.1, 0.15) is 11.3 Å². The van der Waals surface area contributed by atoms with Gasteiger partial charge in [-0.05, 0) is 33.6 Å². The van der Waals surface area contributed by atoms with E-state index in [4.69, 9.17) is 5.11 Å². The molecule has 16 heavy (non-hydrogen) atoms. The second-order valence-electron chi connectivity index (χ2n) is 3.44. The minimum absolute atomic E-state index is 0.0693. The van der Waals surface area contributed by atoms with Gasteiger partial charge in [0.25, 0.3) is 0 Å². The molecule has 0 atom stereocenters. The lowest BCUT2D eigenvalue weighted by molar-refractivity contribution is 0.277. The highest BCUT2D eigenvalue weighted by Crippen LogP contribution is 2.17.